The van der Waals surface area contributed by atoms with Crippen molar-refractivity contribution >= 4 is 39.2 Å². The lowest BCUT2D eigenvalue weighted by Crippen LogP contribution is -2.30. The first kappa shape index (κ1) is 19.4. The van der Waals surface area contributed by atoms with E-state index in [2.05, 4.69) is 26.6 Å². The molecule has 25 heavy (non-hydrogen) atoms. The summed E-state index contributed by atoms with van der Waals surface area (Å²) in [5.41, 5.74) is 0.707. The molecule has 2 aromatic rings. The molecule has 7 heteroatoms. The first-order chi connectivity index (χ1) is 12.1. The monoisotopic (exact) mass is 426 g/mol. The molecule has 0 aliphatic rings. The summed E-state index contributed by atoms with van der Waals surface area (Å²) in [6.45, 7) is 3.50. The average Bonchev–Trinajstić information content (AvgIpc) is 2.58. The van der Waals surface area contributed by atoms with Gasteiger partial charge in [-0.05, 0) is 55.8 Å². The van der Waals surface area contributed by atoms with Crippen LogP contribution in [0.2, 0.25) is 5.02 Å². The fourth-order valence-corrected chi connectivity index (χ4v) is 2.75. The van der Waals surface area contributed by atoms with Crippen LogP contribution < -0.4 is 20.1 Å². The van der Waals surface area contributed by atoms with E-state index in [0.717, 1.165) is 10.2 Å². The van der Waals surface area contributed by atoms with Gasteiger partial charge in [-0.3, -0.25) is 0 Å². The molecule has 0 heterocycles. The molecular weight excluding hydrogens is 408 g/mol. The Bertz CT molecular complexity index is 695. The Labute approximate surface area is 160 Å². The summed E-state index contributed by atoms with van der Waals surface area (Å²) >= 11 is 9.41. The largest absolute Gasteiger partial charge is 0.494 e. The number of rotatable bonds is 8. The number of nitrogens with one attached hydrogen (secondary N) is 2. The van der Waals surface area contributed by atoms with Crippen LogP contribution >= 0.6 is 27.5 Å². The van der Waals surface area contributed by atoms with Crippen molar-refractivity contribution in [2.75, 3.05) is 25.1 Å². The van der Waals surface area contributed by atoms with Crippen molar-refractivity contribution in [3.05, 3.63) is 52.0 Å². The van der Waals surface area contributed by atoms with E-state index in [1.165, 1.54) is 0 Å². The fraction of sp³-hybridized carbons (Fsp3) is 0.278. The molecule has 2 aromatic carbocycles. The minimum absolute atomic E-state index is 0.258. The zero-order chi connectivity index (χ0) is 18.1. The van der Waals surface area contributed by atoms with E-state index in [9.17, 15) is 4.79 Å². The Balaban J connectivity index is 1.65. The number of anilines is 1. The van der Waals surface area contributed by atoms with Crippen LogP contribution in [0.3, 0.4) is 0 Å². The van der Waals surface area contributed by atoms with Crippen molar-refractivity contribution in [3.8, 4) is 11.5 Å². The van der Waals surface area contributed by atoms with E-state index in [0.29, 0.717) is 42.6 Å². The predicted octanol–water partition coefficient (Wildman–Crippen LogP) is 5.09. The predicted molar refractivity (Wildman–Crippen MR) is 104 cm³/mol. The Hall–Kier alpha value is -1.92. The number of benzene rings is 2. The number of carbonyl (C=O) groups excluding carboxylic acids is 1. The van der Waals surface area contributed by atoms with E-state index in [-0.39, 0.29) is 6.03 Å². The van der Waals surface area contributed by atoms with Crippen molar-refractivity contribution in [2.45, 2.75) is 13.3 Å². The van der Waals surface area contributed by atoms with Crippen molar-refractivity contribution in [2.24, 2.45) is 0 Å². The van der Waals surface area contributed by atoms with Gasteiger partial charge in [0, 0.05) is 16.7 Å². The number of carbonyl (C=O) groups is 1. The minimum atomic E-state index is -0.258. The van der Waals surface area contributed by atoms with Crippen molar-refractivity contribution in [1.82, 2.24) is 5.32 Å². The first-order valence-corrected chi connectivity index (χ1v) is 9.11. The van der Waals surface area contributed by atoms with Crippen LogP contribution in [0.5, 0.6) is 11.5 Å². The lowest BCUT2D eigenvalue weighted by molar-refractivity contribution is 0.250. The summed E-state index contributed by atoms with van der Waals surface area (Å²) in [4.78, 5) is 11.8. The summed E-state index contributed by atoms with van der Waals surface area (Å²) < 4.78 is 11.8. The first-order valence-electron chi connectivity index (χ1n) is 7.94. The van der Waals surface area contributed by atoms with E-state index in [4.69, 9.17) is 21.1 Å². The molecule has 0 aliphatic heterocycles. The molecule has 0 unspecified atom stereocenters. The van der Waals surface area contributed by atoms with Gasteiger partial charge in [-0.1, -0.05) is 27.5 Å². The van der Waals surface area contributed by atoms with Crippen LogP contribution in [0.25, 0.3) is 0 Å². The number of hydrogen-bond donors (Lipinski definition) is 2. The highest BCUT2D eigenvalue weighted by molar-refractivity contribution is 9.10. The van der Waals surface area contributed by atoms with Gasteiger partial charge in [-0.25, -0.2) is 4.79 Å². The second kappa shape index (κ2) is 10.2. The van der Waals surface area contributed by atoms with Crippen LogP contribution in [0.4, 0.5) is 10.5 Å². The van der Waals surface area contributed by atoms with Gasteiger partial charge in [0.25, 0.3) is 0 Å². The number of hydrogen-bond acceptors (Lipinski definition) is 3. The molecule has 0 saturated heterocycles. The van der Waals surface area contributed by atoms with Gasteiger partial charge < -0.3 is 20.1 Å². The maximum atomic E-state index is 11.8. The highest BCUT2D eigenvalue weighted by Gasteiger charge is 2.04. The summed E-state index contributed by atoms with van der Waals surface area (Å²) in [6.07, 6.45) is 0.670. The highest BCUT2D eigenvalue weighted by Crippen LogP contribution is 2.27. The van der Waals surface area contributed by atoms with E-state index < -0.39 is 0 Å². The Morgan fingerprint density at radius 2 is 1.92 bits per heavy atom. The molecule has 5 nitrogen and oxygen atoms in total. The molecule has 2 rings (SSSR count). The molecule has 134 valence electrons. The number of halogens is 2. The van der Waals surface area contributed by atoms with Crippen molar-refractivity contribution < 1.29 is 14.3 Å². The highest BCUT2D eigenvalue weighted by atomic mass is 79.9. The smallest absolute Gasteiger partial charge is 0.319 e. The van der Waals surface area contributed by atoms with E-state index in [1.807, 2.05) is 25.1 Å². The molecule has 0 atom stereocenters. The second-order valence-corrected chi connectivity index (χ2v) is 6.44. The SMILES string of the molecule is CCOc1ccc(NC(=O)NCCCOc2ccc(Br)cc2Cl)cc1. The number of ether oxygens (including phenoxy) is 2. The molecule has 0 bridgehead atoms. The van der Waals surface area contributed by atoms with E-state index >= 15 is 0 Å². The standard InChI is InChI=1S/C18H20BrClN2O3/c1-2-24-15-7-5-14(6-8-15)22-18(23)21-10-3-11-25-17-9-4-13(19)12-16(17)20/h4-9,12H,2-3,10-11H2,1H3,(H2,21,22,23). The second-order valence-electron chi connectivity index (χ2n) is 5.12. The Morgan fingerprint density at radius 3 is 2.60 bits per heavy atom. The quantitative estimate of drug-likeness (QED) is 0.577. The molecule has 0 spiro atoms. The summed E-state index contributed by atoms with van der Waals surface area (Å²) in [5, 5.41) is 6.09. The van der Waals surface area contributed by atoms with Crippen LogP contribution in [0.1, 0.15) is 13.3 Å². The van der Waals surface area contributed by atoms with E-state index in [1.54, 1.807) is 24.3 Å². The van der Waals surface area contributed by atoms with Crippen LogP contribution in [0, 0.1) is 0 Å². The molecule has 2 amide bonds. The Kier molecular flexibility index (Phi) is 7.88. The third kappa shape index (κ3) is 6.84. The van der Waals surface area contributed by atoms with Gasteiger partial charge in [0.1, 0.15) is 11.5 Å². The maximum absolute atomic E-state index is 11.8. The maximum Gasteiger partial charge on any atom is 0.319 e. The summed E-state index contributed by atoms with van der Waals surface area (Å²) in [6, 6.07) is 12.4. The van der Waals surface area contributed by atoms with Crippen LogP contribution in [-0.2, 0) is 0 Å². The molecule has 0 aromatic heterocycles. The van der Waals surface area contributed by atoms with Gasteiger partial charge in [-0.2, -0.15) is 0 Å². The van der Waals surface area contributed by atoms with Gasteiger partial charge in [0.15, 0.2) is 0 Å². The van der Waals surface area contributed by atoms with Gasteiger partial charge >= 0.3 is 6.03 Å². The fourth-order valence-electron chi connectivity index (χ4n) is 2.02. The lowest BCUT2D eigenvalue weighted by atomic mass is 10.3. The summed E-state index contributed by atoms with van der Waals surface area (Å²) in [5.74, 6) is 1.40. The van der Waals surface area contributed by atoms with Gasteiger partial charge in [-0.15, -0.1) is 0 Å². The normalized spacial score (nSPS) is 10.2. The number of amides is 2. The zero-order valence-corrected chi connectivity index (χ0v) is 16.2. The topological polar surface area (TPSA) is 59.6 Å². The van der Waals surface area contributed by atoms with Crippen molar-refractivity contribution in [1.29, 1.82) is 0 Å². The summed E-state index contributed by atoms with van der Waals surface area (Å²) in [7, 11) is 0. The Morgan fingerprint density at radius 1 is 1.16 bits per heavy atom. The third-order valence-electron chi connectivity index (χ3n) is 3.18. The lowest BCUT2D eigenvalue weighted by Gasteiger charge is -2.10. The molecule has 0 fully saturated rings. The molecular formula is C18H20BrClN2O3. The van der Waals surface area contributed by atoms with Crippen LogP contribution in [-0.4, -0.2) is 25.8 Å². The molecule has 0 aliphatic carbocycles. The number of urea groups is 1. The zero-order valence-electron chi connectivity index (χ0n) is 13.9. The van der Waals surface area contributed by atoms with Crippen molar-refractivity contribution in [3.63, 3.8) is 0 Å². The van der Waals surface area contributed by atoms with Gasteiger partial charge in [0.2, 0.25) is 0 Å². The molecule has 0 saturated carbocycles. The van der Waals surface area contributed by atoms with Gasteiger partial charge in [0.05, 0.1) is 18.2 Å². The average molecular weight is 428 g/mol. The molecule has 0 radical (unpaired) electrons. The van der Waals surface area contributed by atoms with Crippen LogP contribution in [0.15, 0.2) is 46.9 Å². The third-order valence-corrected chi connectivity index (χ3v) is 3.97. The molecule has 2 N–H and O–H groups in total. The minimum Gasteiger partial charge on any atom is -0.494 e.